The molecule has 0 atom stereocenters. The van der Waals surface area contributed by atoms with E-state index in [0.29, 0.717) is 17.1 Å². The Bertz CT molecular complexity index is 887. The van der Waals surface area contributed by atoms with Gasteiger partial charge in [-0.2, -0.15) is 0 Å². The van der Waals surface area contributed by atoms with Gasteiger partial charge in [0, 0.05) is 17.0 Å². The second kappa shape index (κ2) is 7.63. The predicted octanol–water partition coefficient (Wildman–Crippen LogP) is 3.47. The molecule has 3 rings (SSSR count). The molecule has 0 unspecified atom stereocenters. The van der Waals surface area contributed by atoms with Crippen LogP contribution in [0.2, 0.25) is 0 Å². The van der Waals surface area contributed by atoms with Gasteiger partial charge in [-0.1, -0.05) is 11.2 Å². The summed E-state index contributed by atoms with van der Waals surface area (Å²) in [6.07, 6.45) is 3.12. The molecule has 1 amide bonds. The number of benzene rings is 1. The molecular formula is C17H15N3O4S. The number of ether oxygens (including phenoxy) is 2. The van der Waals surface area contributed by atoms with E-state index in [1.165, 1.54) is 24.5 Å². The van der Waals surface area contributed by atoms with E-state index < -0.39 is 0 Å². The molecule has 0 saturated heterocycles. The Balaban J connectivity index is 1.73. The molecule has 8 heteroatoms. The quantitative estimate of drug-likeness (QED) is 0.680. The van der Waals surface area contributed by atoms with Gasteiger partial charge in [-0.15, -0.1) is 16.4 Å². The third kappa shape index (κ3) is 4.04. The van der Waals surface area contributed by atoms with Gasteiger partial charge in [0.1, 0.15) is 11.5 Å². The molecule has 1 N–H and O–H groups in total. The van der Waals surface area contributed by atoms with Crippen LogP contribution in [0, 0.1) is 0 Å². The third-order valence-corrected chi connectivity index (χ3v) is 4.07. The summed E-state index contributed by atoms with van der Waals surface area (Å²) in [5.74, 6) is 1.05. The van der Waals surface area contributed by atoms with E-state index in [2.05, 4.69) is 15.5 Å². The number of nitrogens with zero attached hydrogens (tertiary/aromatic N) is 2. The zero-order chi connectivity index (χ0) is 17.6. The lowest BCUT2D eigenvalue weighted by atomic mass is 10.2. The fourth-order valence-corrected chi connectivity index (χ4v) is 2.67. The lowest BCUT2D eigenvalue weighted by Crippen LogP contribution is -2.07. The van der Waals surface area contributed by atoms with Gasteiger partial charge >= 0.3 is 6.01 Å². The normalized spacial score (nSPS) is 10.8. The summed E-state index contributed by atoms with van der Waals surface area (Å²) in [5, 5.41) is 12.2. The maximum atomic E-state index is 11.9. The molecule has 2 aromatic heterocycles. The first-order chi connectivity index (χ1) is 12.2. The second-order valence-corrected chi connectivity index (χ2v) is 5.80. The second-order valence-electron chi connectivity index (χ2n) is 4.82. The molecule has 0 aliphatic carbocycles. The Hall–Kier alpha value is -3.13. The van der Waals surface area contributed by atoms with Crippen LogP contribution < -0.4 is 14.8 Å². The minimum absolute atomic E-state index is 0.00806. The van der Waals surface area contributed by atoms with Gasteiger partial charge in [0.05, 0.1) is 19.8 Å². The molecular weight excluding hydrogens is 342 g/mol. The highest BCUT2D eigenvalue weighted by molar-refractivity contribution is 7.10. The number of methoxy groups -OCH3 is 2. The SMILES string of the molecule is COc1ccc(-c2nnc(NC(=O)C=Cc3cccs3)o2)c(OC)c1. The topological polar surface area (TPSA) is 86.5 Å². The summed E-state index contributed by atoms with van der Waals surface area (Å²) in [5.41, 5.74) is 0.602. The zero-order valence-corrected chi connectivity index (χ0v) is 14.4. The minimum Gasteiger partial charge on any atom is -0.497 e. The highest BCUT2D eigenvalue weighted by Gasteiger charge is 2.15. The number of rotatable bonds is 6. The average molecular weight is 357 g/mol. The van der Waals surface area contributed by atoms with Crippen LogP contribution in [0.4, 0.5) is 6.01 Å². The summed E-state index contributed by atoms with van der Waals surface area (Å²) < 4.78 is 15.9. The van der Waals surface area contributed by atoms with Crippen molar-refractivity contribution >= 4 is 29.3 Å². The van der Waals surface area contributed by atoms with Crippen LogP contribution >= 0.6 is 11.3 Å². The Morgan fingerprint density at radius 1 is 1.24 bits per heavy atom. The van der Waals surface area contributed by atoms with Crippen LogP contribution in [-0.2, 0) is 4.79 Å². The van der Waals surface area contributed by atoms with Crippen molar-refractivity contribution in [2.45, 2.75) is 0 Å². The molecule has 2 heterocycles. The molecule has 1 aromatic carbocycles. The number of thiophene rings is 1. The van der Waals surface area contributed by atoms with Crippen molar-refractivity contribution in [2.75, 3.05) is 19.5 Å². The molecule has 0 spiro atoms. The summed E-state index contributed by atoms with van der Waals surface area (Å²) >= 11 is 1.54. The maximum Gasteiger partial charge on any atom is 0.322 e. The fourth-order valence-electron chi connectivity index (χ4n) is 2.05. The molecule has 7 nitrogen and oxygen atoms in total. The maximum absolute atomic E-state index is 11.9. The summed E-state index contributed by atoms with van der Waals surface area (Å²) in [6.45, 7) is 0. The summed E-state index contributed by atoms with van der Waals surface area (Å²) in [7, 11) is 3.10. The zero-order valence-electron chi connectivity index (χ0n) is 13.6. The number of carbonyl (C=O) groups is 1. The van der Waals surface area contributed by atoms with E-state index in [1.54, 1.807) is 31.4 Å². The smallest absolute Gasteiger partial charge is 0.322 e. The molecule has 0 bridgehead atoms. The van der Waals surface area contributed by atoms with Crippen molar-refractivity contribution < 1.29 is 18.7 Å². The first-order valence-corrected chi connectivity index (χ1v) is 8.16. The molecule has 0 fully saturated rings. The van der Waals surface area contributed by atoms with E-state index >= 15 is 0 Å². The highest BCUT2D eigenvalue weighted by Crippen LogP contribution is 2.32. The van der Waals surface area contributed by atoms with Crippen LogP contribution in [0.25, 0.3) is 17.5 Å². The predicted molar refractivity (Wildman–Crippen MR) is 94.8 cm³/mol. The molecule has 0 aliphatic heterocycles. The molecule has 0 saturated carbocycles. The standard InChI is InChI=1S/C17H15N3O4S/c1-22-11-5-7-13(14(10-11)23-2)16-19-20-17(24-16)18-15(21)8-6-12-4-3-9-25-12/h3-10H,1-2H3,(H,18,20,21). The number of hydrogen-bond donors (Lipinski definition) is 1. The lowest BCUT2D eigenvalue weighted by Gasteiger charge is -2.07. The van der Waals surface area contributed by atoms with Crippen molar-refractivity contribution in [1.29, 1.82) is 0 Å². The van der Waals surface area contributed by atoms with Crippen molar-refractivity contribution in [1.82, 2.24) is 10.2 Å². The number of nitrogens with one attached hydrogen (secondary N) is 1. The molecule has 3 aromatic rings. The van der Waals surface area contributed by atoms with Crippen molar-refractivity contribution in [3.05, 3.63) is 46.7 Å². The van der Waals surface area contributed by atoms with Gasteiger partial charge < -0.3 is 13.9 Å². The monoisotopic (exact) mass is 357 g/mol. The van der Waals surface area contributed by atoms with Crippen molar-refractivity contribution in [3.8, 4) is 23.0 Å². The Morgan fingerprint density at radius 2 is 2.12 bits per heavy atom. The molecule has 0 aliphatic rings. The highest BCUT2D eigenvalue weighted by atomic mass is 32.1. The number of anilines is 1. The third-order valence-electron chi connectivity index (χ3n) is 3.24. The van der Waals surface area contributed by atoms with Gasteiger partial charge in [-0.05, 0) is 29.7 Å². The van der Waals surface area contributed by atoms with Crippen molar-refractivity contribution in [3.63, 3.8) is 0 Å². The van der Waals surface area contributed by atoms with E-state index in [0.717, 1.165) is 4.88 Å². The Morgan fingerprint density at radius 3 is 2.84 bits per heavy atom. The van der Waals surface area contributed by atoms with E-state index in [1.807, 2.05) is 17.5 Å². The summed E-state index contributed by atoms with van der Waals surface area (Å²) in [6, 6.07) is 9.04. The van der Waals surface area contributed by atoms with E-state index in [9.17, 15) is 4.79 Å². The molecule has 25 heavy (non-hydrogen) atoms. The fraction of sp³-hybridized carbons (Fsp3) is 0.118. The van der Waals surface area contributed by atoms with Gasteiger partial charge in [-0.25, -0.2) is 0 Å². The van der Waals surface area contributed by atoms with Gasteiger partial charge in [0.25, 0.3) is 11.8 Å². The van der Waals surface area contributed by atoms with Gasteiger partial charge in [0.15, 0.2) is 0 Å². The Labute approximate surface area is 147 Å². The van der Waals surface area contributed by atoms with Gasteiger partial charge in [0.2, 0.25) is 0 Å². The largest absolute Gasteiger partial charge is 0.497 e. The number of hydrogen-bond acceptors (Lipinski definition) is 7. The summed E-state index contributed by atoms with van der Waals surface area (Å²) in [4.78, 5) is 12.9. The van der Waals surface area contributed by atoms with Crippen molar-refractivity contribution in [2.24, 2.45) is 0 Å². The first kappa shape index (κ1) is 16.7. The van der Waals surface area contributed by atoms with Crippen LogP contribution in [0.1, 0.15) is 4.88 Å². The molecule has 128 valence electrons. The number of amides is 1. The van der Waals surface area contributed by atoms with Crippen LogP contribution in [0.15, 0.2) is 46.2 Å². The first-order valence-electron chi connectivity index (χ1n) is 7.28. The van der Waals surface area contributed by atoms with Gasteiger partial charge in [-0.3, -0.25) is 10.1 Å². The minimum atomic E-state index is -0.356. The number of carbonyl (C=O) groups excluding carboxylic acids is 1. The van der Waals surface area contributed by atoms with Crippen LogP contribution in [0.5, 0.6) is 11.5 Å². The van der Waals surface area contributed by atoms with Crippen LogP contribution in [-0.4, -0.2) is 30.3 Å². The van der Waals surface area contributed by atoms with Crippen LogP contribution in [0.3, 0.4) is 0 Å². The Kier molecular flexibility index (Phi) is 5.10. The lowest BCUT2D eigenvalue weighted by molar-refractivity contribution is -0.112. The number of aromatic nitrogens is 2. The van der Waals surface area contributed by atoms with E-state index in [-0.39, 0.29) is 17.8 Å². The average Bonchev–Trinajstić information content (AvgIpc) is 3.31. The van der Waals surface area contributed by atoms with E-state index in [4.69, 9.17) is 13.9 Å². The molecule has 0 radical (unpaired) electrons.